The monoisotopic (exact) mass is 635 g/mol. The number of aliphatic hydroxyl groups excluding tert-OH is 1. The predicted octanol–water partition coefficient (Wildman–Crippen LogP) is 8.01. The first kappa shape index (κ1) is 33.2. The van der Waals surface area contributed by atoms with Gasteiger partial charge in [-0.1, -0.05) is 60.6 Å². The van der Waals surface area contributed by atoms with Crippen LogP contribution in [0.1, 0.15) is 132 Å². The van der Waals surface area contributed by atoms with E-state index >= 15 is 0 Å². The van der Waals surface area contributed by atoms with E-state index in [1.807, 2.05) is 0 Å². The van der Waals surface area contributed by atoms with Crippen molar-refractivity contribution in [2.45, 2.75) is 145 Å². The molecule has 7 rings (SSSR count). The summed E-state index contributed by atoms with van der Waals surface area (Å²) in [5.74, 6) is 3.95. The first-order valence-electron chi connectivity index (χ1n) is 19.4. The van der Waals surface area contributed by atoms with Crippen LogP contribution in [-0.2, 0) is 9.59 Å². The molecule has 0 aromatic carbocycles. The van der Waals surface area contributed by atoms with Gasteiger partial charge in [-0.05, 0) is 147 Å². The summed E-state index contributed by atoms with van der Waals surface area (Å²) in [6.07, 6.45) is 13.3. The van der Waals surface area contributed by atoms with Crippen molar-refractivity contribution in [3.05, 3.63) is 12.2 Å². The molecule has 0 aromatic rings. The van der Waals surface area contributed by atoms with Crippen LogP contribution in [0.5, 0.6) is 0 Å². The maximum atomic E-state index is 14.3. The summed E-state index contributed by atoms with van der Waals surface area (Å²) < 4.78 is 0. The Morgan fingerprint density at radius 2 is 1.46 bits per heavy atom. The smallest absolute Gasteiger partial charge is 0.226 e. The molecule has 2 amide bonds. The summed E-state index contributed by atoms with van der Waals surface area (Å²) in [6, 6.07) is 0.0799. The number of carbonyl (C=O) groups is 2. The Morgan fingerprint density at radius 1 is 0.783 bits per heavy atom. The SMILES string of the molecule is C=C(C)[C@@H]1C[C@@H](C(=O)N[C@H]2C[C@@H](C(=O)N3CCCC3)C2(C)C)C2CC[C@]3(C)[C@H](CC[C@@H]4[C@@]5(C)CC[C@H](O)C(C)(C)C5CC[C@]43C)[C@H]21. The fourth-order valence-corrected chi connectivity index (χ4v) is 14.5. The number of amides is 2. The van der Waals surface area contributed by atoms with Gasteiger partial charge in [0.2, 0.25) is 11.8 Å². The molecule has 2 N–H and O–H groups in total. The van der Waals surface area contributed by atoms with E-state index in [2.05, 4.69) is 72.2 Å². The zero-order valence-electron chi connectivity index (χ0n) is 30.6. The van der Waals surface area contributed by atoms with Crippen LogP contribution in [0, 0.1) is 74.4 Å². The molecule has 258 valence electrons. The third kappa shape index (κ3) is 4.40. The van der Waals surface area contributed by atoms with Crippen molar-refractivity contribution in [2.75, 3.05) is 13.1 Å². The highest BCUT2D eigenvalue weighted by Gasteiger charge is 2.70. The molecule has 0 bridgehead atoms. The van der Waals surface area contributed by atoms with Crippen LogP contribution in [-0.4, -0.2) is 47.1 Å². The first-order chi connectivity index (χ1) is 21.5. The standard InChI is InChI=1S/C41H66N2O3/c1-24(2)26-22-27(35(45)42-32-23-29(37(32,3)4)36(46)43-20-10-11-21-43)25-14-18-40(8)28(34(25)26)12-13-31-39(7)17-16-33(44)38(5,6)30(39)15-19-41(31,40)9/h25-34,44H,1,10-23H2,2-9H3,(H,42,45)/t25?,26-,27+,28+,29-,30?,31+,32-,33-,34+,39-,40+,41+/m0/s1. The van der Waals surface area contributed by atoms with E-state index in [1.165, 1.54) is 37.7 Å². The Labute approximate surface area is 280 Å². The van der Waals surface area contributed by atoms with E-state index in [1.54, 1.807) is 0 Å². The van der Waals surface area contributed by atoms with Gasteiger partial charge in [-0.25, -0.2) is 0 Å². The van der Waals surface area contributed by atoms with Gasteiger partial charge in [0.15, 0.2) is 0 Å². The average Bonchev–Trinajstić information content (AvgIpc) is 3.66. The number of nitrogens with one attached hydrogen (secondary N) is 1. The van der Waals surface area contributed by atoms with Crippen LogP contribution in [0.25, 0.3) is 0 Å². The lowest BCUT2D eigenvalue weighted by atomic mass is 9.33. The Morgan fingerprint density at radius 3 is 2.11 bits per heavy atom. The Hall–Kier alpha value is -1.36. The second-order valence-corrected chi connectivity index (χ2v) is 19.8. The van der Waals surface area contributed by atoms with Gasteiger partial charge in [-0.15, -0.1) is 0 Å². The quantitative estimate of drug-likeness (QED) is 0.308. The molecule has 1 saturated heterocycles. The summed E-state index contributed by atoms with van der Waals surface area (Å²) in [6.45, 7) is 25.6. The molecule has 1 aliphatic heterocycles. The number of nitrogens with zero attached hydrogens (tertiary/aromatic N) is 1. The van der Waals surface area contributed by atoms with Gasteiger partial charge in [0.05, 0.1) is 6.10 Å². The number of carbonyl (C=O) groups excluding carboxylic acids is 2. The summed E-state index contributed by atoms with van der Waals surface area (Å²) in [4.78, 5) is 29.6. The highest BCUT2D eigenvalue weighted by Crippen LogP contribution is 2.76. The molecule has 5 nitrogen and oxygen atoms in total. The lowest BCUT2D eigenvalue weighted by molar-refractivity contribution is -0.241. The van der Waals surface area contributed by atoms with Crippen LogP contribution in [0.4, 0.5) is 0 Å². The van der Waals surface area contributed by atoms with Gasteiger partial charge in [0.25, 0.3) is 0 Å². The normalized spacial score (nSPS) is 50.3. The minimum Gasteiger partial charge on any atom is -0.393 e. The van der Waals surface area contributed by atoms with E-state index < -0.39 is 0 Å². The molecular formula is C41H66N2O3. The molecule has 46 heavy (non-hydrogen) atoms. The fraction of sp³-hybridized carbons (Fsp3) is 0.902. The van der Waals surface area contributed by atoms with E-state index in [9.17, 15) is 14.7 Å². The molecule has 7 aliphatic rings. The Balaban J connectivity index is 1.10. The maximum absolute atomic E-state index is 14.3. The topological polar surface area (TPSA) is 69.6 Å². The molecule has 6 aliphatic carbocycles. The highest BCUT2D eigenvalue weighted by atomic mass is 16.3. The molecule has 0 spiro atoms. The number of rotatable bonds is 4. The van der Waals surface area contributed by atoms with Crippen LogP contribution in [0.3, 0.4) is 0 Å². The van der Waals surface area contributed by atoms with Crippen LogP contribution in [0.2, 0.25) is 0 Å². The van der Waals surface area contributed by atoms with E-state index in [-0.39, 0.29) is 57.0 Å². The molecular weight excluding hydrogens is 568 g/mol. The maximum Gasteiger partial charge on any atom is 0.226 e. The number of hydrogen-bond donors (Lipinski definition) is 2. The van der Waals surface area contributed by atoms with E-state index in [4.69, 9.17) is 0 Å². The molecule has 7 fully saturated rings. The largest absolute Gasteiger partial charge is 0.393 e. The number of fused-ring (bicyclic) bond motifs is 7. The van der Waals surface area contributed by atoms with Gasteiger partial charge in [-0.2, -0.15) is 0 Å². The summed E-state index contributed by atoms with van der Waals surface area (Å²) >= 11 is 0. The van der Waals surface area contributed by atoms with Gasteiger partial charge in [0, 0.05) is 31.0 Å². The minimum atomic E-state index is -0.197. The third-order valence-electron chi connectivity index (χ3n) is 17.6. The third-order valence-corrected chi connectivity index (χ3v) is 17.6. The lowest BCUT2D eigenvalue weighted by Crippen LogP contribution is -2.66. The van der Waals surface area contributed by atoms with Crippen molar-refractivity contribution in [3.63, 3.8) is 0 Å². The highest BCUT2D eigenvalue weighted by molar-refractivity contribution is 5.83. The molecule has 6 saturated carbocycles. The van der Waals surface area contributed by atoms with Gasteiger partial charge >= 0.3 is 0 Å². The van der Waals surface area contributed by atoms with E-state index in [0.29, 0.717) is 41.4 Å². The summed E-state index contributed by atoms with van der Waals surface area (Å²) in [5, 5.41) is 14.6. The Kier molecular flexibility index (Phi) is 7.80. The minimum absolute atomic E-state index is 0.0166. The van der Waals surface area contributed by atoms with Crippen molar-refractivity contribution < 1.29 is 14.7 Å². The van der Waals surface area contributed by atoms with Crippen LogP contribution < -0.4 is 5.32 Å². The van der Waals surface area contributed by atoms with E-state index in [0.717, 1.165) is 58.0 Å². The zero-order valence-corrected chi connectivity index (χ0v) is 30.6. The van der Waals surface area contributed by atoms with Crippen molar-refractivity contribution >= 4 is 11.8 Å². The van der Waals surface area contributed by atoms with Crippen molar-refractivity contribution in [1.29, 1.82) is 0 Å². The second kappa shape index (κ2) is 10.8. The first-order valence-corrected chi connectivity index (χ1v) is 19.4. The average molecular weight is 635 g/mol. The Bertz CT molecular complexity index is 1270. The summed E-state index contributed by atoms with van der Waals surface area (Å²) in [7, 11) is 0. The van der Waals surface area contributed by atoms with Crippen LogP contribution >= 0.6 is 0 Å². The van der Waals surface area contributed by atoms with Gasteiger partial charge in [-0.3, -0.25) is 9.59 Å². The number of likely N-dealkylation sites (tertiary alicyclic amines) is 1. The molecule has 13 atom stereocenters. The van der Waals surface area contributed by atoms with Crippen molar-refractivity contribution in [3.8, 4) is 0 Å². The van der Waals surface area contributed by atoms with Crippen molar-refractivity contribution in [1.82, 2.24) is 10.2 Å². The van der Waals surface area contributed by atoms with Crippen molar-refractivity contribution in [2.24, 2.45) is 74.4 Å². The fourth-order valence-electron chi connectivity index (χ4n) is 14.5. The number of aliphatic hydroxyl groups is 1. The number of hydrogen-bond acceptors (Lipinski definition) is 3. The molecule has 2 unspecified atom stereocenters. The summed E-state index contributed by atoms with van der Waals surface area (Å²) in [5.41, 5.74) is 1.91. The molecule has 5 heteroatoms. The second-order valence-electron chi connectivity index (χ2n) is 19.8. The predicted molar refractivity (Wildman–Crippen MR) is 185 cm³/mol. The molecule has 0 aromatic heterocycles. The van der Waals surface area contributed by atoms with Crippen LogP contribution in [0.15, 0.2) is 12.2 Å². The van der Waals surface area contributed by atoms with Gasteiger partial charge < -0.3 is 15.3 Å². The number of allylic oxidation sites excluding steroid dienone is 1. The lowest BCUT2D eigenvalue weighted by Gasteiger charge is -2.72. The molecule has 0 radical (unpaired) electrons. The van der Waals surface area contributed by atoms with Gasteiger partial charge in [0.1, 0.15) is 0 Å². The molecule has 1 heterocycles. The zero-order chi connectivity index (χ0) is 33.2.